The summed E-state index contributed by atoms with van der Waals surface area (Å²) in [7, 11) is 6.77. The Morgan fingerprint density at radius 2 is 1.36 bits per heavy atom. The van der Waals surface area contributed by atoms with E-state index in [0.717, 1.165) is 6.42 Å². The third-order valence-corrected chi connectivity index (χ3v) is 0.524. The van der Waals surface area contributed by atoms with Gasteiger partial charge in [-0.3, -0.25) is 6.42 Å². The topological polar surface area (TPSA) is 24.1 Å². The quantitative estimate of drug-likeness (QED) is 0.451. The molecule has 0 aromatic heterocycles. The van der Waals surface area contributed by atoms with Gasteiger partial charge in [-0.25, -0.2) is 0 Å². The first-order chi connectivity index (χ1) is 4.83. The molecule has 0 spiro atoms. The SMILES string of the molecule is CCC.[CH2-]N[CH-]C[CH-]N[CH2-].[Pd]. The van der Waals surface area contributed by atoms with E-state index in [0.29, 0.717) is 0 Å². The fourth-order valence-corrected chi connectivity index (χ4v) is 0.226. The maximum Gasteiger partial charge on any atom is 0 e. The van der Waals surface area contributed by atoms with Gasteiger partial charge in [0.1, 0.15) is 0 Å². The van der Waals surface area contributed by atoms with Crippen molar-refractivity contribution < 1.29 is 20.4 Å². The zero-order valence-corrected chi connectivity index (χ0v) is 8.85. The molecule has 11 heavy (non-hydrogen) atoms. The standard InChI is InChI=1S/C5H10N2.C3H8.Pd/c1-6-4-3-5-7-2;1-3-2;/h4-7H,1-3H2;3H2,1-2H3;/q-4;;. The van der Waals surface area contributed by atoms with Gasteiger partial charge >= 0.3 is 0 Å². The molecule has 0 radical (unpaired) electrons. The normalized spacial score (nSPS) is 7.64. The van der Waals surface area contributed by atoms with Gasteiger partial charge in [0, 0.05) is 20.4 Å². The third-order valence-electron chi connectivity index (χ3n) is 0.524. The molecule has 3 heteroatoms. The van der Waals surface area contributed by atoms with Gasteiger partial charge in [0.2, 0.25) is 0 Å². The largest absolute Gasteiger partial charge is 0.623 e. The summed E-state index contributed by atoms with van der Waals surface area (Å²) in [6.07, 6.45) is 2.09. The summed E-state index contributed by atoms with van der Waals surface area (Å²) in [5.74, 6) is 0. The van der Waals surface area contributed by atoms with Gasteiger partial charge in [0.15, 0.2) is 0 Å². The summed E-state index contributed by atoms with van der Waals surface area (Å²) in [5, 5.41) is 5.26. The van der Waals surface area contributed by atoms with Crippen molar-refractivity contribution in [2.75, 3.05) is 0 Å². The molecule has 0 atom stereocenters. The van der Waals surface area contributed by atoms with Crippen LogP contribution in [0.4, 0.5) is 0 Å². The van der Waals surface area contributed by atoms with E-state index in [1.54, 1.807) is 0 Å². The first kappa shape index (κ1) is 17.6. The van der Waals surface area contributed by atoms with Gasteiger partial charge in [0.25, 0.3) is 0 Å². The van der Waals surface area contributed by atoms with Crippen LogP contribution in [-0.2, 0) is 20.4 Å². The van der Waals surface area contributed by atoms with E-state index in [-0.39, 0.29) is 20.4 Å². The molecule has 0 aliphatic rings. The minimum atomic E-state index is 0. The van der Waals surface area contributed by atoms with Crippen LogP contribution in [-0.4, -0.2) is 0 Å². The monoisotopic (exact) mass is 248 g/mol. The zero-order chi connectivity index (χ0) is 8.24. The predicted molar refractivity (Wildman–Crippen MR) is 46.2 cm³/mol. The summed E-state index contributed by atoms with van der Waals surface area (Å²) in [5.41, 5.74) is 0. The van der Waals surface area contributed by atoms with Crippen LogP contribution < -0.4 is 10.6 Å². The Labute approximate surface area is 85.2 Å². The fourth-order valence-electron chi connectivity index (χ4n) is 0.226. The molecule has 0 unspecified atom stereocenters. The van der Waals surface area contributed by atoms with Crippen molar-refractivity contribution in [2.45, 2.75) is 26.7 Å². The van der Waals surface area contributed by atoms with Crippen LogP contribution in [0.5, 0.6) is 0 Å². The zero-order valence-electron chi connectivity index (χ0n) is 7.30. The van der Waals surface area contributed by atoms with Gasteiger partial charge in [-0.15, -0.1) is 0 Å². The summed E-state index contributed by atoms with van der Waals surface area (Å²) in [6.45, 7) is 7.89. The van der Waals surface area contributed by atoms with Crippen molar-refractivity contribution >= 4 is 0 Å². The van der Waals surface area contributed by atoms with Gasteiger partial charge in [-0.2, -0.15) is 0 Å². The Bertz CT molecular complexity index is 39.1. The number of nitrogens with one attached hydrogen (secondary N) is 2. The van der Waals surface area contributed by atoms with E-state index in [4.69, 9.17) is 0 Å². The molecule has 74 valence electrons. The van der Waals surface area contributed by atoms with Crippen molar-refractivity contribution in [2.24, 2.45) is 0 Å². The van der Waals surface area contributed by atoms with E-state index in [1.807, 2.05) is 13.1 Å². The summed E-state index contributed by atoms with van der Waals surface area (Å²) in [4.78, 5) is 0. The maximum absolute atomic E-state index is 3.38. The van der Waals surface area contributed by atoms with E-state index < -0.39 is 0 Å². The average Bonchev–Trinajstić information content (AvgIpc) is 1.91. The number of hydrogen-bond donors (Lipinski definition) is 2. The van der Waals surface area contributed by atoms with E-state index >= 15 is 0 Å². The van der Waals surface area contributed by atoms with Crippen LogP contribution in [0.3, 0.4) is 0 Å². The molecule has 0 aliphatic heterocycles. The van der Waals surface area contributed by atoms with E-state index in [2.05, 4.69) is 38.6 Å². The Morgan fingerprint density at radius 1 is 1.09 bits per heavy atom. The predicted octanol–water partition coefficient (Wildman–Crippen LogP) is 1.88. The van der Waals surface area contributed by atoms with Crippen LogP contribution in [0.25, 0.3) is 0 Å². The summed E-state index contributed by atoms with van der Waals surface area (Å²) < 4.78 is 0. The molecular formula is C8H18N2Pd-4. The van der Waals surface area contributed by atoms with Crippen LogP contribution >= 0.6 is 0 Å². The molecule has 0 saturated heterocycles. The molecule has 0 aromatic rings. The Kier molecular flexibility index (Phi) is 35.9. The van der Waals surface area contributed by atoms with E-state index in [9.17, 15) is 0 Å². The molecule has 0 heterocycles. The van der Waals surface area contributed by atoms with Gasteiger partial charge in [-0.05, 0) is 0 Å². The second kappa shape index (κ2) is 22.4. The Morgan fingerprint density at radius 3 is 1.55 bits per heavy atom. The second-order valence-electron chi connectivity index (χ2n) is 1.76. The average molecular weight is 249 g/mol. The Balaban J connectivity index is -0.000000140. The maximum atomic E-state index is 3.38. The van der Waals surface area contributed by atoms with Crippen molar-refractivity contribution in [1.29, 1.82) is 0 Å². The Hall–Kier alpha value is 0.582. The number of hydrogen-bond acceptors (Lipinski definition) is 2. The van der Waals surface area contributed by atoms with Crippen LogP contribution in [0, 0.1) is 27.2 Å². The first-order valence-corrected chi connectivity index (χ1v) is 3.52. The van der Waals surface area contributed by atoms with Crippen molar-refractivity contribution in [1.82, 2.24) is 10.6 Å². The van der Waals surface area contributed by atoms with Gasteiger partial charge in [-0.1, -0.05) is 20.3 Å². The number of rotatable bonds is 4. The molecule has 0 amide bonds. The first-order valence-electron chi connectivity index (χ1n) is 3.52. The second-order valence-corrected chi connectivity index (χ2v) is 1.76. The van der Waals surface area contributed by atoms with Crippen molar-refractivity contribution in [3.8, 4) is 0 Å². The van der Waals surface area contributed by atoms with E-state index in [1.165, 1.54) is 6.42 Å². The summed E-state index contributed by atoms with van der Waals surface area (Å²) >= 11 is 0. The molecule has 0 aromatic carbocycles. The van der Waals surface area contributed by atoms with Crippen LogP contribution in [0.1, 0.15) is 26.7 Å². The van der Waals surface area contributed by atoms with Crippen LogP contribution in [0.15, 0.2) is 0 Å². The molecule has 0 bridgehead atoms. The van der Waals surface area contributed by atoms with Crippen molar-refractivity contribution in [3.63, 3.8) is 0 Å². The fraction of sp³-hybridized carbons (Fsp3) is 0.500. The van der Waals surface area contributed by atoms with Crippen LogP contribution in [0.2, 0.25) is 0 Å². The summed E-state index contributed by atoms with van der Waals surface area (Å²) in [6, 6.07) is 0. The molecule has 0 rings (SSSR count). The smallest absolute Gasteiger partial charge is 0 e. The van der Waals surface area contributed by atoms with Gasteiger partial charge < -0.3 is 37.8 Å². The molecule has 0 aliphatic carbocycles. The molecule has 2 N–H and O–H groups in total. The molecule has 0 fully saturated rings. The molecule has 2 nitrogen and oxygen atoms in total. The molecular weight excluding hydrogens is 231 g/mol. The minimum Gasteiger partial charge on any atom is -0.623 e. The van der Waals surface area contributed by atoms with Crippen molar-refractivity contribution in [3.05, 3.63) is 27.2 Å². The molecule has 0 saturated carbocycles. The van der Waals surface area contributed by atoms with Gasteiger partial charge in [0.05, 0.1) is 0 Å². The minimum absolute atomic E-state index is 0. The third kappa shape index (κ3) is 37.1.